The third-order valence-electron chi connectivity index (χ3n) is 5.20. The first-order chi connectivity index (χ1) is 14.6. The van der Waals surface area contributed by atoms with Crippen molar-refractivity contribution in [1.29, 1.82) is 0 Å². The van der Waals surface area contributed by atoms with Gasteiger partial charge in [0.05, 0.1) is 21.6 Å². The Morgan fingerprint density at radius 3 is 2.97 bits per heavy atom. The number of fused-ring (bicyclic) bond motifs is 1. The number of nitrogens with zero attached hydrogens (tertiary/aromatic N) is 3. The first-order valence-electron chi connectivity index (χ1n) is 9.79. The largest absolute Gasteiger partial charge is 0.370 e. The zero-order valence-electron chi connectivity index (χ0n) is 16.4. The molecular weight excluding hydrogens is 402 g/mol. The molecule has 3 heterocycles. The number of benzene rings is 2. The van der Waals surface area contributed by atoms with Crippen LogP contribution < -0.4 is 5.32 Å². The Balaban J connectivity index is 1.43. The maximum Gasteiger partial charge on any atom is 0.259 e. The number of rotatable bonds is 4. The SMILES string of the molecule is Cn1cc(C(=O)Nc2ccc3nc(C4CCCO4)[nH]c3c2)c(-c2ccccc2Cl)n1. The number of nitrogens with one attached hydrogen (secondary N) is 2. The molecule has 2 aromatic carbocycles. The van der Waals surface area contributed by atoms with Gasteiger partial charge in [0, 0.05) is 31.1 Å². The second-order valence-corrected chi connectivity index (χ2v) is 7.76. The fourth-order valence-corrected chi connectivity index (χ4v) is 3.98. The van der Waals surface area contributed by atoms with Crippen molar-refractivity contribution in [3.63, 3.8) is 0 Å². The summed E-state index contributed by atoms with van der Waals surface area (Å²) in [6.07, 6.45) is 3.72. The molecule has 5 rings (SSSR count). The van der Waals surface area contributed by atoms with Crippen LogP contribution in [0, 0.1) is 0 Å². The average molecular weight is 422 g/mol. The molecule has 7 nitrogen and oxygen atoms in total. The summed E-state index contributed by atoms with van der Waals surface area (Å²) in [5.74, 6) is 0.579. The molecule has 1 aliphatic heterocycles. The van der Waals surface area contributed by atoms with Crippen LogP contribution in [0.25, 0.3) is 22.3 Å². The number of aromatic nitrogens is 4. The Morgan fingerprint density at radius 2 is 2.17 bits per heavy atom. The van der Waals surface area contributed by atoms with Crippen molar-refractivity contribution in [3.8, 4) is 11.3 Å². The number of carbonyl (C=O) groups is 1. The molecule has 1 atom stereocenters. The molecule has 1 aliphatic rings. The third-order valence-corrected chi connectivity index (χ3v) is 5.52. The van der Waals surface area contributed by atoms with E-state index in [4.69, 9.17) is 16.3 Å². The summed E-state index contributed by atoms with van der Waals surface area (Å²) in [4.78, 5) is 21.0. The number of ether oxygens (including phenoxy) is 1. The normalized spacial score (nSPS) is 16.3. The number of hydrogen-bond acceptors (Lipinski definition) is 4. The number of imidazole rings is 1. The third kappa shape index (κ3) is 3.46. The molecule has 1 amide bonds. The highest BCUT2D eigenvalue weighted by Crippen LogP contribution is 2.31. The smallest absolute Gasteiger partial charge is 0.259 e. The Hall–Kier alpha value is -3.16. The molecule has 1 fully saturated rings. The van der Waals surface area contributed by atoms with E-state index >= 15 is 0 Å². The number of anilines is 1. The fourth-order valence-electron chi connectivity index (χ4n) is 3.76. The van der Waals surface area contributed by atoms with E-state index in [-0.39, 0.29) is 12.0 Å². The van der Waals surface area contributed by atoms with Gasteiger partial charge in [-0.05, 0) is 37.1 Å². The van der Waals surface area contributed by atoms with Crippen molar-refractivity contribution in [2.45, 2.75) is 18.9 Å². The van der Waals surface area contributed by atoms with Crippen LogP contribution in [-0.2, 0) is 11.8 Å². The van der Waals surface area contributed by atoms with Crippen molar-refractivity contribution in [3.05, 3.63) is 65.1 Å². The highest BCUT2D eigenvalue weighted by molar-refractivity contribution is 6.33. The second-order valence-electron chi connectivity index (χ2n) is 7.35. The molecule has 30 heavy (non-hydrogen) atoms. The highest BCUT2D eigenvalue weighted by atomic mass is 35.5. The van der Waals surface area contributed by atoms with Crippen LogP contribution in [0.15, 0.2) is 48.7 Å². The number of aryl methyl sites for hydroxylation is 1. The zero-order chi connectivity index (χ0) is 20.7. The Bertz CT molecular complexity index is 1240. The second kappa shape index (κ2) is 7.59. The van der Waals surface area contributed by atoms with E-state index in [2.05, 4.69) is 20.4 Å². The van der Waals surface area contributed by atoms with Gasteiger partial charge in [0.15, 0.2) is 0 Å². The molecule has 0 spiro atoms. The van der Waals surface area contributed by atoms with Gasteiger partial charge < -0.3 is 15.0 Å². The Labute approximate surface area is 178 Å². The molecule has 0 saturated carbocycles. The van der Waals surface area contributed by atoms with E-state index in [1.165, 1.54) is 0 Å². The topological polar surface area (TPSA) is 84.8 Å². The summed E-state index contributed by atoms with van der Waals surface area (Å²) in [7, 11) is 1.78. The van der Waals surface area contributed by atoms with Crippen LogP contribution in [0.5, 0.6) is 0 Å². The van der Waals surface area contributed by atoms with Crippen molar-refractivity contribution >= 4 is 34.2 Å². The summed E-state index contributed by atoms with van der Waals surface area (Å²) in [6.45, 7) is 0.766. The monoisotopic (exact) mass is 421 g/mol. The summed E-state index contributed by atoms with van der Waals surface area (Å²) < 4.78 is 7.32. The van der Waals surface area contributed by atoms with Gasteiger partial charge in [0.1, 0.15) is 17.6 Å². The van der Waals surface area contributed by atoms with E-state index in [0.29, 0.717) is 22.0 Å². The predicted molar refractivity (Wildman–Crippen MR) is 116 cm³/mol. The number of hydrogen-bond donors (Lipinski definition) is 2. The number of H-pyrrole nitrogens is 1. The van der Waals surface area contributed by atoms with E-state index in [9.17, 15) is 4.79 Å². The van der Waals surface area contributed by atoms with Crippen molar-refractivity contribution in [2.24, 2.45) is 7.05 Å². The maximum absolute atomic E-state index is 13.0. The summed E-state index contributed by atoms with van der Waals surface area (Å²) in [6, 6.07) is 13.0. The molecule has 1 saturated heterocycles. The van der Waals surface area contributed by atoms with Gasteiger partial charge >= 0.3 is 0 Å². The van der Waals surface area contributed by atoms with Gasteiger partial charge in [0.2, 0.25) is 0 Å². The lowest BCUT2D eigenvalue weighted by Crippen LogP contribution is -2.12. The van der Waals surface area contributed by atoms with Gasteiger partial charge in [-0.3, -0.25) is 9.48 Å². The molecule has 2 aromatic heterocycles. The number of carbonyl (C=O) groups excluding carboxylic acids is 1. The summed E-state index contributed by atoms with van der Waals surface area (Å²) >= 11 is 6.32. The van der Waals surface area contributed by atoms with E-state index in [1.54, 1.807) is 24.0 Å². The molecule has 0 bridgehead atoms. The minimum absolute atomic E-state index is 0.0176. The van der Waals surface area contributed by atoms with Crippen molar-refractivity contribution in [1.82, 2.24) is 19.7 Å². The summed E-state index contributed by atoms with van der Waals surface area (Å²) in [5, 5.41) is 7.95. The van der Waals surface area contributed by atoms with Crippen LogP contribution in [-0.4, -0.2) is 32.3 Å². The zero-order valence-corrected chi connectivity index (χ0v) is 17.1. The van der Waals surface area contributed by atoms with Gasteiger partial charge in [-0.25, -0.2) is 4.98 Å². The van der Waals surface area contributed by atoms with Crippen molar-refractivity contribution in [2.75, 3.05) is 11.9 Å². The van der Waals surface area contributed by atoms with E-state index < -0.39 is 0 Å². The van der Waals surface area contributed by atoms with Crippen LogP contribution >= 0.6 is 11.6 Å². The first-order valence-corrected chi connectivity index (χ1v) is 10.2. The average Bonchev–Trinajstić information content (AvgIpc) is 3.47. The fraction of sp³-hybridized carbons (Fsp3) is 0.227. The molecule has 152 valence electrons. The molecule has 8 heteroatoms. The quantitative estimate of drug-likeness (QED) is 0.499. The van der Waals surface area contributed by atoms with Crippen LogP contribution in [0.3, 0.4) is 0 Å². The van der Waals surface area contributed by atoms with Gasteiger partial charge in [-0.15, -0.1) is 0 Å². The van der Waals surface area contributed by atoms with E-state index in [1.807, 2.05) is 36.4 Å². The Morgan fingerprint density at radius 1 is 1.30 bits per heavy atom. The molecule has 0 aliphatic carbocycles. The highest BCUT2D eigenvalue weighted by Gasteiger charge is 2.22. The van der Waals surface area contributed by atoms with Gasteiger partial charge in [0.25, 0.3) is 5.91 Å². The lowest BCUT2D eigenvalue weighted by atomic mass is 10.1. The van der Waals surface area contributed by atoms with Gasteiger partial charge in [-0.1, -0.05) is 29.8 Å². The van der Waals surface area contributed by atoms with Crippen LogP contribution in [0.4, 0.5) is 5.69 Å². The minimum atomic E-state index is -0.253. The number of aromatic amines is 1. The van der Waals surface area contributed by atoms with Crippen LogP contribution in [0.2, 0.25) is 5.02 Å². The van der Waals surface area contributed by atoms with Crippen molar-refractivity contribution < 1.29 is 9.53 Å². The minimum Gasteiger partial charge on any atom is -0.370 e. The number of halogens is 1. The predicted octanol–water partition coefficient (Wildman–Crippen LogP) is 4.72. The lowest BCUT2D eigenvalue weighted by Gasteiger charge is -2.06. The number of amides is 1. The van der Waals surface area contributed by atoms with E-state index in [0.717, 1.165) is 41.9 Å². The maximum atomic E-state index is 13.0. The lowest BCUT2D eigenvalue weighted by molar-refractivity contribution is 0.102. The molecule has 1 unspecified atom stereocenters. The summed E-state index contributed by atoms with van der Waals surface area (Å²) in [5.41, 5.74) is 4.09. The molecule has 2 N–H and O–H groups in total. The first kappa shape index (κ1) is 18.8. The van der Waals surface area contributed by atoms with Crippen LogP contribution in [0.1, 0.15) is 35.1 Å². The molecular formula is C22H20ClN5O2. The molecule has 4 aromatic rings. The van der Waals surface area contributed by atoms with Gasteiger partial charge in [-0.2, -0.15) is 5.10 Å². The standard InChI is InChI=1S/C22H20ClN5O2/c1-28-12-15(20(27-28)14-5-2-3-6-16(14)23)22(29)24-13-8-9-17-18(11-13)26-21(25-17)19-7-4-10-30-19/h2-3,5-6,8-9,11-12,19H,4,7,10H2,1H3,(H,24,29)(H,25,26). The molecule has 0 radical (unpaired) electrons. The Kier molecular flexibility index (Phi) is 4.77.